The summed E-state index contributed by atoms with van der Waals surface area (Å²) in [7, 11) is 1.26. The first kappa shape index (κ1) is 25.0. The van der Waals surface area contributed by atoms with E-state index >= 15 is 0 Å². The molecule has 13 nitrogen and oxygen atoms in total. The SMILES string of the molecule is CO/N=C(\C(=O)NC1C(=O)N2C(C(=O)O)=C(CSc3scnc3C(=O)O)CS[C@@H]12)c1csc(N)n1. The summed E-state index contributed by atoms with van der Waals surface area (Å²) in [5.41, 5.74) is 7.22. The molecule has 2 aliphatic rings. The molecule has 5 N–H and O–H groups in total. The lowest BCUT2D eigenvalue weighted by atomic mass is 10.0. The van der Waals surface area contributed by atoms with Gasteiger partial charge in [-0.3, -0.25) is 14.5 Å². The third-order valence-corrected chi connectivity index (χ3v) is 9.04. The number of nitrogens with zero attached hydrogens (tertiary/aromatic N) is 4. The number of fused-ring (bicyclic) bond motifs is 1. The van der Waals surface area contributed by atoms with Gasteiger partial charge in [0.05, 0.1) is 9.72 Å². The molecule has 2 aromatic heterocycles. The fourth-order valence-electron chi connectivity index (χ4n) is 3.33. The number of amides is 2. The topological polar surface area (TPSA) is 197 Å². The molecule has 1 unspecified atom stereocenters. The summed E-state index contributed by atoms with van der Waals surface area (Å²) in [5, 5.41) is 26.4. The number of thioether (sulfide) groups is 2. The first-order chi connectivity index (χ1) is 16.7. The molecular formula is C18H16N6O7S4. The van der Waals surface area contributed by atoms with Crippen LogP contribution in [0, 0.1) is 0 Å². The van der Waals surface area contributed by atoms with Gasteiger partial charge in [-0.15, -0.1) is 46.2 Å². The van der Waals surface area contributed by atoms with E-state index in [2.05, 4.69) is 20.4 Å². The number of nitrogen functional groups attached to an aromatic ring is 1. The van der Waals surface area contributed by atoms with Crippen molar-refractivity contribution in [3.63, 3.8) is 0 Å². The summed E-state index contributed by atoms with van der Waals surface area (Å²) in [6.45, 7) is 0. The number of hydrogen-bond acceptors (Lipinski definition) is 13. The Balaban J connectivity index is 1.50. The lowest BCUT2D eigenvalue weighted by Crippen LogP contribution is -2.71. The fraction of sp³-hybridized carbons (Fsp3) is 0.278. The predicted octanol–water partition coefficient (Wildman–Crippen LogP) is 0.761. The molecule has 1 fully saturated rings. The Hall–Kier alpha value is -3.15. The summed E-state index contributed by atoms with van der Waals surface area (Å²) < 4.78 is 0.439. The van der Waals surface area contributed by atoms with Crippen LogP contribution in [-0.4, -0.2) is 84.6 Å². The number of nitrogens with one attached hydrogen (secondary N) is 1. The number of carbonyl (C=O) groups is 4. The second-order valence-corrected chi connectivity index (χ2v) is 11.0. The van der Waals surface area contributed by atoms with Crippen LogP contribution in [0.25, 0.3) is 0 Å². The highest BCUT2D eigenvalue weighted by Crippen LogP contribution is 2.42. The molecule has 35 heavy (non-hydrogen) atoms. The molecule has 184 valence electrons. The van der Waals surface area contributed by atoms with Crippen LogP contribution < -0.4 is 11.1 Å². The molecule has 4 heterocycles. The van der Waals surface area contributed by atoms with Crippen molar-refractivity contribution in [3.05, 3.63) is 33.5 Å². The van der Waals surface area contributed by atoms with Gasteiger partial charge in [0.2, 0.25) is 0 Å². The highest BCUT2D eigenvalue weighted by atomic mass is 32.2. The van der Waals surface area contributed by atoms with Gasteiger partial charge in [-0.2, -0.15) is 0 Å². The average Bonchev–Trinajstić information content (AvgIpc) is 3.47. The number of nitrogens with two attached hydrogens (primary N) is 1. The number of β-lactam (4-membered cyclic amide) rings is 1. The second kappa shape index (κ2) is 10.2. The standard InChI is InChI=1S/C18H16N6O7S4/c1-31-23-8(7-4-34-18(19)21-7)12(25)22-9-13(26)24-11(16(29)30)6(2-32-14(9)24)3-33-17-10(15(27)28)20-5-35-17/h4-5,9,14H,2-3H2,1H3,(H2,19,21)(H,22,25)(H,27,28)(H,29,30)/b23-8-/t9?,14-/m0/s1. The Kier molecular flexibility index (Phi) is 7.29. The van der Waals surface area contributed by atoms with Crippen molar-refractivity contribution in [2.75, 3.05) is 24.3 Å². The van der Waals surface area contributed by atoms with Crippen LogP contribution in [0.15, 0.2) is 31.5 Å². The van der Waals surface area contributed by atoms with Crippen molar-refractivity contribution in [1.29, 1.82) is 0 Å². The molecule has 0 aromatic carbocycles. The smallest absolute Gasteiger partial charge is 0.356 e. The van der Waals surface area contributed by atoms with E-state index in [0.29, 0.717) is 9.78 Å². The zero-order valence-electron chi connectivity index (χ0n) is 17.7. The number of hydrogen-bond donors (Lipinski definition) is 4. The number of aromatic carboxylic acids is 1. The molecule has 2 amide bonds. The van der Waals surface area contributed by atoms with Gasteiger partial charge in [-0.1, -0.05) is 5.16 Å². The summed E-state index contributed by atoms with van der Waals surface area (Å²) in [6.07, 6.45) is 0. The lowest BCUT2D eigenvalue weighted by molar-refractivity contribution is -0.150. The molecule has 0 spiro atoms. The maximum Gasteiger partial charge on any atom is 0.356 e. The fourth-order valence-corrected chi connectivity index (χ4v) is 7.26. The van der Waals surface area contributed by atoms with Gasteiger partial charge in [-0.05, 0) is 5.57 Å². The lowest BCUT2D eigenvalue weighted by Gasteiger charge is -2.49. The van der Waals surface area contributed by atoms with E-state index in [4.69, 9.17) is 10.6 Å². The molecule has 2 atom stereocenters. The van der Waals surface area contributed by atoms with Gasteiger partial charge in [0, 0.05) is 16.9 Å². The summed E-state index contributed by atoms with van der Waals surface area (Å²) >= 11 is 4.68. The van der Waals surface area contributed by atoms with Crippen LogP contribution >= 0.6 is 46.2 Å². The number of rotatable bonds is 9. The van der Waals surface area contributed by atoms with Gasteiger partial charge in [0.1, 0.15) is 29.9 Å². The molecule has 1 saturated heterocycles. The number of aliphatic carboxylic acids is 1. The predicted molar refractivity (Wildman–Crippen MR) is 130 cm³/mol. The van der Waals surface area contributed by atoms with E-state index in [-0.39, 0.29) is 39.4 Å². The van der Waals surface area contributed by atoms with Crippen molar-refractivity contribution in [2.45, 2.75) is 15.6 Å². The van der Waals surface area contributed by atoms with E-state index in [1.165, 1.54) is 29.8 Å². The molecule has 17 heteroatoms. The van der Waals surface area contributed by atoms with Gasteiger partial charge >= 0.3 is 11.9 Å². The highest BCUT2D eigenvalue weighted by molar-refractivity contribution is 8.02. The maximum absolute atomic E-state index is 12.9. The van der Waals surface area contributed by atoms with Crippen molar-refractivity contribution in [2.24, 2.45) is 5.16 Å². The first-order valence-electron chi connectivity index (χ1n) is 9.55. The molecule has 4 rings (SSSR count). The van der Waals surface area contributed by atoms with Crippen LogP contribution in [-0.2, 0) is 19.2 Å². The summed E-state index contributed by atoms with van der Waals surface area (Å²) in [6, 6.07) is -0.978. The third-order valence-electron chi connectivity index (χ3n) is 4.81. The molecule has 0 bridgehead atoms. The molecular weight excluding hydrogens is 541 g/mol. The highest BCUT2D eigenvalue weighted by Gasteiger charge is 2.54. The number of carbonyl (C=O) groups excluding carboxylic acids is 2. The summed E-state index contributed by atoms with van der Waals surface area (Å²) in [5.74, 6) is -3.32. The Labute approximate surface area is 213 Å². The number of carboxylic acids is 2. The quantitative estimate of drug-likeness (QED) is 0.147. The number of anilines is 1. The van der Waals surface area contributed by atoms with Crippen LogP contribution in [0.3, 0.4) is 0 Å². The van der Waals surface area contributed by atoms with E-state index in [1.54, 1.807) is 0 Å². The maximum atomic E-state index is 12.9. The van der Waals surface area contributed by atoms with Crippen LogP contribution in [0.1, 0.15) is 16.2 Å². The number of oxime groups is 1. The van der Waals surface area contributed by atoms with Crippen LogP contribution in [0.4, 0.5) is 5.13 Å². The zero-order valence-corrected chi connectivity index (χ0v) is 20.9. The van der Waals surface area contributed by atoms with Gasteiger partial charge in [0.25, 0.3) is 11.8 Å². The third kappa shape index (κ3) is 4.84. The van der Waals surface area contributed by atoms with Crippen LogP contribution in [0.2, 0.25) is 0 Å². The minimum Gasteiger partial charge on any atom is -0.477 e. The largest absolute Gasteiger partial charge is 0.477 e. The molecule has 0 aliphatic carbocycles. The van der Waals surface area contributed by atoms with Crippen molar-refractivity contribution in [1.82, 2.24) is 20.2 Å². The minimum absolute atomic E-state index is 0.1000. The molecule has 0 saturated carbocycles. The van der Waals surface area contributed by atoms with Crippen molar-refractivity contribution < 1.29 is 34.2 Å². The van der Waals surface area contributed by atoms with Gasteiger partial charge < -0.3 is 26.1 Å². The molecule has 2 aromatic rings. The Bertz CT molecular complexity index is 1270. The Morgan fingerprint density at radius 3 is 2.74 bits per heavy atom. The molecule has 2 aliphatic heterocycles. The number of aromatic nitrogens is 2. The van der Waals surface area contributed by atoms with E-state index in [1.807, 2.05) is 0 Å². The van der Waals surface area contributed by atoms with Crippen molar-refractivity contribution >= 4 is 80.8 Å². The summed E-state index contributed by atoms with van der Waals surface area (Å²) in [4.78, 5) is 62.7. The number of carboxylic acid groups (broad SMARTS) is 2. The minimum atomic E-state index is -1.29. The molecule has 0 radical (unpaired) electrons. The normalized spacial score (nSPS) is 19.7. The average molecular weight is 557 g/mol. The van der Waals surface area contributed by atoms with Gasteiger partial charge in [-0.25, -0.2) is 19.6 Å². The monoisotopic (exact) mass is 556 g/mol. The van der Waals surface area contributed by atoms with Crippen molar-refractivity contribution in [3.8, 4) is 0 Å². The second-order valence-electron chi connectivity index (χ2n) is 6.89. The zero-order chi connectivity index (χ0) is 25.3. The van der Waals surface area contributed by atoms with Gasteiger partial charge in [0.15, 0.2) is 16.5 Å². The first-order valence-corrected chi connectivity index (χ1v) is 13.3. The van der Waals surface area contributed by atoms with E-state index < -0.39 is 35.2 Å². The number of thiazole rings is 2. The Morgan fingerprint density at radius 2 is 2.11 bits per heavy atom. The Morgan fingerprint density at radius 1 is 1.34 bits per heavy atom. The van der Waals surface area contributed by atoms with Crippen LogP contribution in [0.5, 0.6) is 0 Å². The van der Waals surface area contributed by atoms with E-state index in [9.17, 15) is 29.4 Å². The van der Waals surface area contributed by atoms with E-state index in [0.717, 1.165) is 39.3 Å².